The second kappa shape index (κ2) is 13.3. The van der Waals surface area contributed by atoms with Gasteiger partial charge in [-0.25, -0.2) is 4.98 Å². The molecule has 0 N–H and O–H groups in total. The second-order valence-electron chi connectivity index (χ2n) is 12.9. The van der Waals surface area contributed by atoms with Crippen molar-refractivity contribution in [1.29, 1.82) is 0 Å². The first-order valence-corrected chi connectivity index (χ1v) is 16.0. The summed E-state index contributed by atoms with van der Waals surface area (Å²) in [6.45, 7) is 13.4. The molecule has 0 saturated carbocycles. The molecular weight excluding hydrogens is 760 g/mol. The molecule has 0 radical (unpaired) electrons. The molecule has 0 saturated heterocycles. The summed E-state index contributed by atoms with van der Waals surface area (Å²) in [6.07, 6.45) is 6.98. The van der Waals surface area contributed by atoms with Gasteiger partial charge in [-0.1, -0.05) is 63.5 Å². The molecule has 0 aliphatic rings. The van der Waals surface area contributed by atoms with Crippen LogP contribution < -0.4 is 4.74 Å². The van der Waals surface area contributed by atoms with E-state index in [1.165, 1.54) is 22.3 Å². The largest absolute Gasteiger partial charge is 2.00 e. The van der Waals surface area contributed by atoms with Crippen molar-refractivity contribution in [3.63, 3.8) is 0 Å². The monoisotopic (exact) mass is 797 g/mol. The molecule has 0 amide bonds. The van der Waals surface area contributed by atoms with E-state index in [1.807, 2.05) is 47.4 Å². The van der Waals surface area contributed by atoms with Gasteiger partial charge in [0.15, 0.2) is 0 Å². The summed E-state index contributed by atoms with van der Waals surface area (Å²) in [7, 11) is 0. The maximum Gasteiger partial charge on any atom is 2.00 e. The van der Waals surface area contributed by atoms with Crippen LogP contribution in [0.1, 0.15) is 55.9 Å². The number of fused-ring (bicyclic) bond motifs is 3. The molecule has 0 aliphatic carbocycles. The predicted octanol–water partition coefficient (Wildman–Crippen LogP) is 10.4. The Balaban J connectivity index is 0.00000386. The van der Waals surface area contributed by atoms with Gasteiger partial charge in [-0.05, 0) is 89.2 Å². The van der Waals surface area contributed by atoms with Gasteiger partial charge in [-0.3, -0.25) is 4.68 Å². The predicted molar refractivity (Wildman–Crippen MR) is 187 cm³/mol. The number of nitrogens with zero attached hydrogens (tertiary/aromatic N) is 4. The molecule has 3 aromatic heterocycles. The molecule has 0 fully saturated rings. The normalized spacial score (nSPS) is 11.5. The van der Waals surface area contributed by atoms with E-state index < -0.39 is 0 Å². The number of para-hydroxylation sites is 1. The molecule has 0 bridgehead atoms. The van der Waals surface area contributed by atoms with Crippen molar-refractivity contribution in [3.8, 4) is 34.1 Å². The Morgan fingerprint density at radius 2 is 1.64 bits per heavy atom. The Labute approximate surface area is 291 Å². The molecule has 7 aromatic rings. The molecule has 0 spiro atoms. The Kier molecular flexibility index (Phi) is 9.21. The average molecular weight is 798 g/mol. The van der Waals surface area contributed by atoms with Gasteiger partial charge in [-0.2, -0.15) is 17.2 Å². The number of benzene rings is 4. The van der Waals surface area contributed by atoms with Gasteiger partial charge in [0.2, 0.25) is 0 Å². The minimum atomic E-state index is 0. The van der Waals surface area contributed by atoms with Crippen molar-refractivity contribution in [2.24, 2.45) is 5.92 Å². The molecule has 0 atom stereocenters. The first-order chi connectivity index (χ1) is 22.2. The second-order valence-corrected chi connectivity index (χ2v) is 12.9. The summed E-state index contributed by atoms with van der Waals surface area (Å²) in [6, 6.07) is 34.1. The summed E-state index contributed by atoms with van der Waals surface area (Å²) in [5.74, 6) is 3.08. The average Bonchev–Trinajstić information content (AvgIpc) is 3.64. The topological polar surface area (TPSA) is 44.9 Å². The van der Waals surface area contributed by atoms with Crippen LogP contribution in [0.25, 0.3) is 44.4 Å². The van der Waals surface area contributed by atoms with Crippen LogP contribution in [0.15, 0.2) is 97.5 Å². The minimum Gasteiger partial charge on any atom is -0.509 e. The summed E-state index contributed by atoms with van der Waals surface area (Å²) in [5.41, 5.74) is 10.4. The van der Waals surface area contributed by atoms with Gasteiger partial charge in [-0.15, -0.1) is 35.7 Å². The third kappa shape index (κ3) is 6.42. The fraction of sp³-hybridized carbons (Fsp3) is 0.220. The fourth-order valence-electron chi connectivity index (χ4n) is 6.48. The quantitative estimate of drug-likeness (QED) is 0.144. The van der Waals surface area contributed by atoms with Crippen LogP contribution in [-0.2, 0) is 27.5 Å². The van der Waals surface area contributed by atoms with E-state index in [0.29, 0.717) is 23.3 Å². The Morgan fingerprint density at radius 1 is 0.830 bits per heavy atom. The third-order valence-electron chi connectivity index (χ3n) is 8.47. The van der Waals surface area contributed by atoms with Crippen LogP contribution in [0, 0.1) is 31.9 Å². The first-order valence-electron chi connectivity index (χ1n) is 16.0. The summed E-state index contributed by atoms with van der Waals surface area (Å²) < 4.78 is 10.4. The Bertz CT molecular complexity index is 2210. The Morgan fingerprint density at radius 3 is 2.43 bits per heavy atom. The van der Waals surface area contributed by atoms with E-state index in [-0.39, 0.29) is 21.1 Å². The molecule has 0 unspecified atom stereocenters. The van der Waals surface area contributed by atoms with Gasteiger partial charge in [0.05, 0.1) is 6.20 Å². The van der Waals surface area contributed by atoms with Crippen LogP contribution in [-0.4, -0.2) is 19.3 Å². The number of rotatable bonds is 8. The van der Waals surface area contributed by atoms with E-state index in [1.54, 1.807) is 0 Å². The van der Waals surface area contributed by atoms with E-state index in [9.17, 15) is 0 Å². The zero-order valence-corrected chi connectivity index (χ0v) is 29.9. The van der Waals surface area contributed by atoms with Gasteiger partial charge in [0.1, 0.15) is 5.82 Å². The SMILES string of the molecule is Cc1ccnc(-n2c3[c-]c(Oc4[c-]c(-n5cc(-c6c(C)cc(CC(C)C)cc6C(C)C)cn5)ccc4)ccc3c3ccccc32)c1.[Pt+2]. The maximum atomic E-state index is 6.38. The zero-order valence-electron chi connectivity index (χ0n) is 27.6. The maximum absolute atomic E-state index is 6.38. The molecule has 47 heavy (non-hydrogen) atoms. The fourth-order valence-corrected chi connectivity index (χ4v) is 6.48. The molecule has 0 aliphatic heterocycles. The van der Waals surface area contributed by atoms with Crippen molar-refractivity contribution in [3.05, 3.63) is 132 Å². The van der Waals surface area contributed by atoms with Gasteiger partial charge >= 0.3 is 21.1 Å². The number of hydrogen-bond donors (Lipinski definition) is 0. The molecule has 5 nitrogen and oxygen atoms in total. The summed E-state index contributed by atoms with van der Waals surface area (Å²) >= 11 is 0. The number of aromatic nitrogens is 4. The van der Waals surface area contributed by atoms with E-state index in [4.69, 9.17) is 9.84 Å². The van der Waals surface area contributed by atoms with Crippen molar-refractivity contribution < 1.29 is 25.8 Å². The number of pyridine rings is 1. The van der Waals surface area contributed by atoms with Crippen LogP contribution >= 0.6 is 0 Å². The molecule has 7 rings (SSSR count). The molecule has 238 valence electrons. The molecule has 6 heteroatoms. The standard InChI is InChI=1S/C41H38N4O.Pt/c1-26(2)18-30-20-29(6)41(37(21-30)27(3)4)31-24-43-44(25-31)32-10-9-11-33(22-32)46-34-14-15-36-35-12-7-8-13-38(35)45(39(36)23-34)40-19-28(5)16-17-42-40;/h7-17,19-21,24-27H,18H2,1-6H3;/q-2;+2. The third-order valence-corrected chi connectivity index (χ3v) is 8.47. The molecule has 4 aromatic carbocycles. The van der Waals surface area contributed by atoms with E-state index in [2.05, 4.69) is 118 Å². The number of aryl methyl sites for hydroxylation is 2. The summed E-state index contributed by atoms with van der Waals surface area (Å²) in [5, 5.41) is 7.00. The van der Waals surface area contributed by atoms with Crippen molar-refractivity contribution in [1.82, 2.24) is 19.3 Å². The van der Waals surface area contributed by atoms with Crippen molar-refractivity contribution in [2.45, 2.75) is 53.9 Å². The van der Waals surface area contributed by atoms with Gasteiger partial charge in [0.25, 0.3) is 0 Å². The van der Waals surface area contributed by atoms with E-state index >= 15 is 0 Å². The number of ether oxygens (including phenoxy) is 1. The summed E-state index contributed by atoms with van der Waals surface area (Å²) in [4.78, 5) is 4.69. The Hall–Kier alpha value is -4.47. The minimum absolute atomic E-state index is 0. The van der Waals surface area contributed by atoms with E-state index in [0.717, 1.165) is 50.9 Å². The first kappa shape index (κ1) is 32.5. The van der Waals surface area contributed by atoms with Crippen LogP contribution in [0.3, 0.4) is 0 Å². The smallest absolute Gasteiger partial charge is 0.509 e. The van der Waals surface area contributed by atoms with Crippen molar-refractivity contribution in [2.75, 3.05) is 0 Å². The van der Waals surface area contributed by atoms with Crippen molar-refractivity contribution >= 4 is 21.8 Å². The van der Waals surface area contributed by atoms with Crippen LogP contribution in [0.5, 0.6) is 11.5 Å². The molecule has 3 heterocycles. The molecular formula is C41H38N4OPt. The van der Waals surface area contributed by atoms with Gasteiger partial charge < -0.3 is 9.30 Å². The van der Waals surface area contributed by atoms with Crippen LogP contribution in [0.2, 0.25) is 0 Å². The van der Waals surface area contributed by atoms with Gasteiger partial charge in [0, 0.05) is 35.0 Å². The van der Waals surface area contributed by atoms with Crippen LogP contribution in [0.4, 0.5) is 0 Å². The number of hydrogen-bond acceptors (Lipinski definition) is 3. The zero-order chi connectivity index (χ0) is 31.9.